The predicted molar refractivity (Wildman–Crippen MR) is 71.9 cm³/mol. The summed E-state index contributed by atoms with van der Waals surface area (Å²) in [5, 5.41) is 8.00. The molecule has 1 aliphatic carbocycles. The lowest BCUT2D eigenvalue weighted by Gasteiger charge is -2.34. The molecular formula is C14H23N3O2. The number of carbonyl (C=O) groups is 1. The van der Waals surface area contributed by atoms with Gasteiger partial charge in [0, 0.05) is 6.54 Å². The molecule has 0 saturated heterocycles. The minimum Gasteiger partial charge on any atom is -0.460 e. The number of carbonyl (C=O) groups excluding carboxylic acids is 1. The zero-order valence-corrected chi connectivity index (χ0v) is 12.1. The van der Waals surface area contributed by atoms with Crippen LogP contribution in [0.1, 0.15) is 62.4 Å². The van der Waals surface area contributed by atoms with Gasteiger partial charge in [-0.3, -0.25) is 0 Å². The number of aromatic nitrogens is 3. The maximum Gasteiger partial charge on any atom is 0.376 e. The van der Waals surface area contributed by atoms with E-state index in [1.54, 1.807) is 6.92 Å². The fourth-order valence-electron chi connectivity index (χ4n) is 2.86. The largest absolute Gasteiger partial charge is 0.460 e. The van der Waals surface area contributed by atoms with E-state index in [9.17, 15) is 4.79 Å². The highest BCUT2D eigenvalue weighted by Gasteiger charge is 2.30. The fourth-order valence-corrected chi connectivity index (χ4v) is 2.86. The Morgan fingerprint density at radius 2 is 2.00 bits per heavy atom. The molecule has 0 aliphatic heterocycles. The average Bonchev–Trinajstić information content (AvgIpc) is 2.72. The fraction of sp³-hybridized carbons (Fsp3) is 0.786. The molecule has 1 aromatic heterocycles. The second-order valence-electron chi connectivity index (χ2n) is 5.75. The summed E-state index contributed by atoms with van der Waals surface area (Å²) in [6, 6.07) is 0. The molecule has 19 heavy (non-hydrogen) atoms. The Hall–Kier alpha value is -1.39. The SMILES string of the molecule is CCOC(=O)c1nnc(C)n1CC1(C)CCCCC1. The van der Waals surface area contributed by atoms with Crippen LogP contribution >= 0.6 is 0 Å². The third-order valence-electron chi connectivity index (χ3n) is 3.99. The molecule has 1 heterocycles. The molecule has 1 aliphatic rings. The van der Waals surface area contributed by atoms with Gasteiger partial charge in [-0.25, -0.2) is 4.79 Å². The molecular weight excluding hydrogens is 242 g/mol. The van der Waals surface area contributed by atoms with E-state index in [1.165, 1.54) is 32.1 Å². The van der Waals surface area contributed by atoms with E-state index >= 15 is 0 Å². The van der Waals surface area contributed by atoms with Gasteiger partial charge in [-0.1, -0.05) is 26.2 Å². The highest BCUT2D eigenvalue weighted by molar-refractivity contribution is 5.85. The summed E-state index contributed by atoms with van der Waals surface area (Å²) >= 11 is 0. The minimum atomic E-state index is -0.373. The average molecular weight is 265 g/mol. The van der Waals surface area contributed by atoms with Gasteiger partial charge in [0.25, 0.3) is 0 Å². The van der Waals surface area contributed by atoms with Crippen LogP contribution in [-0.2, 0) is 11.3 Å². The lowest BCUT2D eigenvalue weighted by molar-refractivity contribution is 0.0499. The quantitative estimate of drug-likeness (QED) is 0.785. The van der Waals surface area contributed by atoms with E-state index in [4.69, 9.17) is 4.74 Å². The minimum absolute atomic E-state index is 0.243. The number of nitrogens with zero attached hydrogens (tertiary/aromatic N) is 3. The Labute approximate surface area is 114 Å². The standard InChI is InChI=1S/C14H23N3O2/c1-4-19-13(18)12-16-15-11(2)17(12)10-14(3)8-6-5-7-9-14/h4-10H2,1-3H3. The van der Waals surface area contributed by atoms with Crippen molar-refractivity contribution >= 4 is 5.97 Å². The Kier molecular flexibility index (Phi) is 4.22. The zero-order valence-electron chi connectivity index (χ0n) is 12.1. The van der Waals surface area contributed by atoms with Crippen LogP contribution in [0.15, 0.2) is 0 Å². The maximum atomic E-state index is 11.9. The third-order valence-corrected chi connectivity index (χ3v) is 3.99. The number of esters is 1. The maximum absolute atomic E-state index is 11.9. The molecule has 1 saturated carbocycles. The molecule has 0 aromatic carbocycles. The normalized spacial score (nSPS) is 18.3. The van der Waals surface area contributed by atoms with Gasteiger partial charge in [0.05, 0.1) is 6.61 Å². The molecule has 0 bridgehead atoms. The summed E-state index contributed by atoms with van der Waals surface area (Å²) in [6.07, 6.45) is 6.26. The number of hydrogen-bond donors (Lipinski definition) is 0. The molecule has 1 fully saturated rings. The van der Waals surface area contributed by atoms with Crippen LogP contribution < -0.4 is 0 Å². The first-order valence-electron chi connectivity index (χ1n) is 7.13. The first kappa shape index (κ1) is 14.0. The number of aryl methyl sites for hydroxylation is 1. The molecule has 106 valence electrons. The Morgan fingerprint density at radius 1 is 1.32 bits per heavy atom. The molecule has 5 heteroatoms. The van der Waals surface area contributed by atoms with Crippen molar-refractivity contribution in [2.45, 2.75) is 59.4 Å². The number of ether oxygens (including phenoxy) is 1. The Balaban J connectivity index is 2.19. The second-order valence-corrected chi connectivity index (χ2v) is 5.75. The third kappa shape index (κ3) is 3.14. The van der Waals surface area contributed by atoms with E-state index in [1.807, 2.05) is 11.5 Å². The lowest BCUT2D eigenvalue weighted by Crippen LogP contribution is -2.28. The van der Waals surface area contributed by atoms with Crippen molar-refractivity contribution in [3.05, 3.63) is 11.6 Å². The van der Waals surface area contributed by atoms with Crippen molar-refractivity contribution in [1.82, 2.24) is 14.8 Å². The van der Waals surface area contributed by atoms with E-state index in [0.717, 1.165) is 12.4 Å². The van der Waals surface area contributed by atoms with Crippen LogP contribution in [0.5, 0.6) is 0 Å². The molecule has 0 atom stereocenters. The highest BCUT2D eigenvalue weighted by Crippen LogP contribution is 2.37. The van der Waals surface area contributed by atoms with Crippen LogP contribution in [0, 0.1) is 12.3 Å². The van der Waals surface area contributed by atoms with Crippen molar-refractivity contribution in [1.29, 1.82) is 0 Å². The van der Waals surface area contributed by atoms with Gasteiger partial charge in [-0.15, -0.1) is 10.2 Å². The van der Waals surface area contributed by atoms with Crippen molar-refractivity contribution in [2.24, 2.45) is 5.41 Å². The molecule has 0 radical (unpaired) electrons. The van der Waals surface area contributed by atoms with Crippen molar-refractivity contribution in [2.75, 3.05) is 6.61 Å². The van der Waals surface area contributed by atoms with Gasteiger partial charge in [0.2, 0.25) is 5.82 Å². The van der Waals surface area contributed by atoms with Gasteiger partial charge in [-0.2, -0.15) is 0 Å². The number of rotatable bonds is 4. The Bertz CT molecular complexity index is 448. The summed E-state index contributed by atoms with van der Waals surface area (Å²) in [5.41, 5.74) is 0.243. The Morgan fingerprint density at radius 3 is 2.63 bits per heavy atom. The summed E-state index contributed by atoms with van der Waals surface area (Å²) in [5.74, 6) is 0.753. The summed E-state index contributed by atoms with van der Waals surface area (Å²) in [6.45, 7) is 7.15. The highest BCUT2D eigenvalue weighted by atomic mass is 16.5. The molecule has 0 N–H and O–H groups in total. The summed E-state index contributed by atoms with van der Waals surface area (Å²) in [7, 11) is 0. The molecule has 0 amide bonds. The van der Waals surface area contributed by atoms with Gasteiger partial charge >= 0.3 is 5.97 Å². The van der Waals surface area contributed by atoms with Crippen molar-refractivity contribution < 1.29 is 9.53 Å². The van der Waals surface area contributed by atoms with E-state index in [-0.39, 0.29) is 11.4 Å². The van der Waals surface area contributed by atoms with Gasteiger partial charge in [0.15, 0.2) is 0 Å². The van der Waals surface area contributed by atoms with Gasteiger partial charge < -0.3 is 9.30 Å². The van der Waals surface area contributed by atoms with Crippen LogP contribution in [0.3, 0.4) is 0 Å². The molecule has 0 spiro atoms. The van der Waals surface area contributed by atoms with Crippen LogP contribution in [-0.4, -0.2) is 27.3 Å². The van der Waals surface area contributed by atoms with Crippen LogP contribution in [0.25, 0.3) is 0 Å². The predicted octanol–water partition coefficient (Wildman–Crippen LogP) is 2.73. The first-order chi connectivity index (χ1) is 9.06. The molecule has 2 rings (SSSR count). The van der Waals surface area contributed by atoms with Crippen molar-refractivity contribution in [3.63, 3.8) is 0 Å². The molecule has 5 nitrogen and oxygen atoms in total. The van der Waals surface area contributed by atoms with Crippen molar-refractivity contribution in [3.8, 4) is 0 Å². The van der Waals surface area contributed by atoms with Crippen LogP contribution in [0.4, 0.5) is 0 Å². The van der Waals surface area contributed by atoms with Gasteiger partial charge in [-0.05, 0) is 32.1 Å². The summed E-state index contributed by atoms with van der Waals surface area (Å²) < 4.78 is 6.96. The monoisotopic (exact) mass is 265 g/mol. The van der Waals surface area contributed by atoms with E-state index < -0.39 is 0 Å². The van der Waals surface area contributed by atoms with Crippen LogP contribution in [0.2, 0.25) is 0 Å². The summed E-state index contributed by atoms with van der Waals surface area (Å²) in [4.78, 5) is 11.9. The van der Waals surface area contributed by atoms with E-state index in [2.05, 4.69) is 17.1 Å². The zero-order chi connectivity index (χ0) is 13.9. The number of hydrogen-bond acceptors (Lipinski definition) is 4. The van der Waals surface area contributed by atoms with Gasteiger partial charge in [0.1, 0.15) is 5.82 Å². The molecule has 1 aromatic rings. The second kappa shape index (κ2) is 5.72. The topological polar surface area (TPSA) is 57.0 Å². The van der Waals surface area contributed by atoms with E-state index in [0.29, 0.717) is 12.4 Å². The first-order valence-corrected chi connectivity index (χ1v) is 7.13. The smallest absolute Gasteiger partial charge is 0.376 e. The lowest BCUT2D eigenvalue weighted by atomic mass is 9.75. The molecule has 0 unspecified atom stereocenters.